The van der Waals surface area contributed by atoms with Crippen LogP contribution in [0.5, 0.6) is 0 Å². The second-order valence-corrected chi connectivity index (χ2v) is 9.57. The molecule has 0 aliphatic heterocycles. The molecule has 0 saturated heterocycles. The highest BCUT2D eigenvalue weighted by Crippen LogP contribution is 1.73. The Bertz CT molecular complexity index is 111. The van der Waals surface area contributed by atoms with Gasteiger partial charge in [0.2, 0.25) is 9.12 Å². The minimum absolute atomic E-state index is 0.0176. The molecule has 0 saturated carbocycles. The summed E-state index contributed by atoms with van der Waals surface area (Å²) in [6.45, 7) is 8.35. The van der Waals surface area contributed by atoms with Gasteiger partial charge in [0, 0.05) is 0 Å². The quantitative estimate of drug-likeness (QED) is 0.453. The fourth-order valence-corrected chi connectivity index (χ4v) is 8.49. The fraction of sp³-hybridized carbons (Fsp3) is 0.600. The summed E-state index contributed by atoms with van der Waals surface area (Å²) in [5.41, 5.74) is 2.03. The molecule has 6 heteroatoms. The van der Waals surface area contributed by atoms with Crippen LogP contribution in [0.2, 0.25) is 13.1 Å². The molecule has 11 heavy (non-hydrogen) atoms. The van der Waals surface area contributed by atoms with Crippen LogP contribution in [0.15, 0.2) is 12.3 Å². The lowest BCUT2D eigenvalue weighted by Gasteiger charge is -2.17. The second kappa shape index (κ2) is 6.95. The van der Waals surface area contributed by atoms with Crippen molar-refractivity contribution in [3.63, 3.8) is 0 Å². The summed E-state index contributed by atoms with van der Waals surface area (Å²) < 4.78 is 7.15. The highest BCUT2D eigenvalue weighted by molar-refractivity contribution is 6.75. The van der Waals surface area contributed by atoms with Crippen LogP contribution in [0.4, 0.5) is 0 Å². The first-order valence-corrected chi connectivity index (χ1v) is 10.3. The zero-order valence-electron chi connectivity index (χ0n) is 7.65. The molecule has 0 rings (SSSR count). The molecule has 0 heterocycles. The van der Waals surface area contributed by atoms with Gasteiger partial charge in [0.25, 0.3) is 0 Å². The molecule has 0 fully saturated rings. The molecular formula is C5H19N3Si3. The first-order valence-electron chi connectivity index (χ1n) is 4.03. The van der Waals surface area contributed by atoms with Crippen molar-refractivity contribution in [3.05, 3.63) is 12.3 Å². The highest BCUT2D eigenvalue weighted by atomic mass is 28.4. The van der Waals surface area contributed by atoms with Gasteiger partial charge in [-0.25, -0.2) is 0 Å². The summed E-state index contributed by atoms with van der Waals surface area (Å²) in [5.74, 6) is 0. The van der Waals surface area contributed by atoms with Crippen LogP contribution in [0.3, 0.4) is 0 Å². The van der Waals surface area contributed by atoms with E-state index < -0.39 is 18.2 Å². The van der Waals surface area contributed by atoms with E-state index in [1.165, 1.54) is 0 Å². The molecule has 2 unspecified atom stereocenters. The van der Waals surface area contributed by atoms with E-state index in [9.17, 15) is 0 Å². The minimum atomic E-state index is -0.996. The summed E-state index contributed by atoms with van der Waals surface area (Å²) in [6.07, 6.45) is 0. The van der Waals surface area contributed by atoms with Gasteiger partial charge in [0.05, 0.1) is 9.68 Å². The van der Waals surface area contributed by atoms with Crippen LogP contribution in [0, 0.1) is 0 Å². The van der Waals surface area contributed by atoms with Crippen LogP contribution in [0.25, 0.3) is 0 Å². The predicted octanol–water partition coefficient (Wildman–Crippen LogP) is -1.69. The Labute approximate surface area is 75.1 Å². The lowest BCUT2D eigenvalue weighted by Crippen LogP contribution is -2.56. The molecule has 3 N–H and O–H groups in total. The maximum Gasteiger partial charge on any atom is 0.203 e. The van der Waals surface area contributed by atoms with Gasteiger partial charge in [0.15, 0.2) is 9.12 Å². The second-order valence-electron chi connectivity index (χ2n) is 2.45. The largest absolute Gasteiger partial charge is 0.355 e. The molecule has 0 aromatic heterocycles. The van der Waals surface area contributed by atoms with Crippen LogP contribution in [-0.4, -0.2) is 35.0 Å². The van der Waals surface area contributed by atoms with E-state index >= 15 is 0 Å². The predicted molar refractivity (Wildman–Crippen MR) is 60.1 cm³/mol. The molecule has 66 valence electrons. The van der Waals surface area contributed by atoms with Gasteiger partial charge in [-0.05, 0) is 13.6 Å². The third kappa shape index (κ3) is 5.53. The van der Waals surface area contributed by atoms with Gasteiger partial charge < -0.3 is 14.3 Å². The first-order chi connectivity index (χ1) is 5.24. The SMILES string of the molecule is C=C[SiH](NC)N[SiH](C)N[SiH2]C. The zero-order chi connectivity index (χ0) is 8.69. The lowest BCUT2D eigenvalue weighted by atomic mass is 11.3. The molecule has 0 amide bonds. The van der Waals surface area contributed by atoms with Crippen molar-refractivity contribution < 1.29 is 0 Å². The minimum Gasteiger partial charge on any atom is -0.355 e. The van der Waals surface area contributed by atoms with Gasteiger partial charge >= 0.3 is 0 Å². The van der Waals surface area contributed by atoms with Crippen LogP contribution >= 0.6 is 0 Å². The van der Waals surface area contributed by atoms with E-state index in [0.717, 1.165) is 0 Å². The Hall–Kier alpha value is 0.271. The normalized spacial score (nSPS) is 17.0. The van der Waals surface area contributed by atoms with Crippen molar-refractivity contribution in [1.29, 1.82) is 0 Å². The van der Waals surface area contributed by atoms with Gasteiger partial charge in [0.1, 0.15) is 0 Å². The van der Waals surface area contributed by atoms with Crippen molar-refractivity contribution in [2.45, 2.75) is 13.1 Å². The monoisotopic (exact) mass is 205 g/mol. The summed E-state index contributed by atoms with van der Waals surface area (Å²) in [5, 5.41) is 0. The van der Waals surface area contributed by atoms with Gasteiger partial charge in [-0.3, -0.25) is 0 Å². The molecule has 0 spiro atoms. The molecule has 0 aliphatic carbocycles. The highest BCUT2D eigenvalue weighted by Gasteiger charge is 2.07. The number of hydrogen-bond donors (Lipinski definition) is 3. The zero-order valence-corrected chi connectivity index (χ0v) is 11.4. The first kappa shape index (κ1) is 11.3. The number of hydrogen-bond acceptors (Lipinski definition) is 3. The van der Waals surface area contributed by atoms with Gasteiger partial charge in [-0.15, -0.1) is 6.58 Å². The standard InChI is InChI=1S/C5H19N3Si3/c1-5-11(6-2)8-10(4)7-9-3/h5-8,10-11H,1,9H2,2-4H3. The molecule has 0 bridgehead atoms. The maximum absolute atomic E-state index is 3.79. The summed E-state index contributed by atoms with van der Waals surface area (Å²) in [7, 11) is 0.212. The van der Waals surface area contributed by atoms with E-state index in [2.05, 4.69) is 34.0 Å². The van der Waals surface area contributed by atoms with E-state index in [1.54, 1.807) is 0 Å². The van der Waals surface area contributed by atoms with Crippen molar-refractivity contribution in [2.75, 3.05) is 7.05 Å². The van der Waals surface area contributed by atoms with E-state index in [0.29, 0.717) is 0 Å². The topological polar surface area (TPSA) is 36.1 Å². The average Bonchev–Trinajstić information content (AvgIpc) is 2.01. The average molecular weight is 205 g/mol. The molecule has 0 aliphatic rings. The van der Waals surface area contributed by atoms with Crippen molar-refractivity contribution in [2.24, 2.45) is 0 Å². The summed E-state index contributed by atoms with van der Waals surface area (Å²) >= 11 is 0. The molecule has 0 aromatic rings. The van der Waals surface area contributed by atoms with Crippen LogP contribution in [0.1, 0.15) is 0 Å². The molecule has 0 radical (unpaired) electrons. The van der Waals surface area contributed by atoms with Gasteiger partial charge in [-0.2, -0.15) is 0 Å². The Morgan fingerprint density at radius 1 is 1.55 bits per heavy atom. The Kier molecular flexibility index (Phi) is 7.12. The van der Waals surface area contributed by atoms with E-state index in [4.69, 9.17) is 0 Å². The van der Waals surface area contributed by atoms with Crippen LogP contribution in [-0.2, 0) is 0 Å². The van der Waals surface area contributed by atoms with E-state index in [-0.39, 0.29) is 9.68 Å². The number of nitrogens with one attached hydrogen (secondary N) is 3. The lowest BCUT2D eigenvalue weighted by molar-refractivity contribution is 1.16. The third-order valence-electron chi connectivity index (χ3n) is 1.49. The smallest absolute Gasteiger partial charge is 0.203 e. The van der Waals surface area contributed by atoms with Crippen molar-refractivity contribution in [1.82, 2.24) is 14.3 Å². The van der Waals surface area contributed by atoms with E-state index in [1.807, 2.05) is 12.7 Å². The fourth-order valence-electron chi connectivity index (χ4n) is 0.904. The maximum atomic E-state index is 3.79. The molecule has 3 nitrogen and oxygen atoms in total. The Morgan fingerprint density at radius 2 is 2.18 bits per heavy atom. The van der Waals surface area contributed by atoms with Crippen LogP contribution < -0.4 is 14.3 Å². The molecule has 0 aromatic carbocycles. The Morgan fingerprint density at radius 3 is 2.55 bits per heavy atom. The van der Waals surface area contributed by atoms with Crippen molar-refractivity contribution in [3.8, 4) is 0 Å². The molecule has 2 atom stereocenters. The van der Waals surface area contributed by atoms with Crippen molar-refractivity contribution >= 4 is 27.9 Å². The Balaban J connectivity index is 3.53. The number of rotatable bonds is 6. The summed E-state index contributed by atoms with van der Waals surface area (Å²) in [6, 6.07) is 0. The molecular weight excluding hydrogens is 186 g/mol. The van der Waals surface area contributed by atoms with Gasteiger partial charge in [-0.1, -0.05) is 12.2 Å². The third-order valence-corrected chi connectivity index (χ3v) is 10.1. The summed E-state index contributed by atoms with van der Waals surface area (Å²) in [4.78, 5) is 3.26.